The topological polar surface area (TPSA) is 109 Å². The number of carbonyl (C=O) groups is 1. The van der Waals surface area contributed by atoms with Gasteiger partial charge < -0.3 is 24.1 Å². The molecule has 0 radical (unpaired) electrons. The van der Waals surface area contributed by atoms with Gasteiger partial charge in [0.05, 0.1) is 29.5 Å². The molecule has 1 aromatic carbocycles. The largest absolute Gasteiger partial charge is 0.487 e. The molecule has 55 heavy (non-hydrogen) atoms. The van der Waals surface area contributed by atoms with Crippen molar-refractivity contribution in [3.8, 4) is 28.5 Å². The highest BCUT2D eigenvalue weighted by Gasteiger charge is 2.54. The molecule has 1 N–H and O–H groups in total. The number of halogens is 5. The third-order valence-corrected chi connectivity index (χ3v) is 16.3. The first-order chi connectivity index (χ1) is 25.1. The van der Waals surface area contributed by atoms with Crippen molar-refractivity contribution in [1.29, 1.82) is 0 Å². The Hall–Kier alpha value is -3.11. The molecule has 0 bridgehead atoms. The minimum atomic E-state index is -4.24. The molecule has 4 heterocycles. The zero-order valence-electron chi connectivity index (χ0n) is 33.8. The summed E-state index contributed by atoms with van der Waals surface area (Å²) in [6.07, 6.45) is -6.50. The Morgan fingerprint density at radius 2 is 1.65 bits per heavy atom. The van der Waals surface area contributed by atoms with Gasteiger partial charge >= 0.3 is 12.3 Å². The number of aryl methyl sites for hydroxylation is 1. The van der Waals surface area contributed by atoms with E-state index < -0.39 is 44.8 Å². The number of hydrogen-bond donors (Lipinski definition) is 1. The highest BCUT2D eigenvalue weighted by atomic mass is 35.5. The van der Waals surface area contributed by atoms with Crippen LogP contribution in [0.25, 0.3) is 22.8 Å². The van der Waals surface area contributed by atoms with Gasteiger partial charge in [0.25, 0.3) is 0 Å². The molecule has 2 saturated heterocycles. The van der Waals surface area contributed by atoms with E-state index in [0.29, 0.717) is 70.7 Å². The van der Waals surface area contributed by atoms with Crippen LogP contribution in [0, 0.1) is 24.7 Å². The molecule has 3 aromatic rings. The molecule has 1 spiro atoms. The quantitative estimate of drug-likeness (QED) is 0.190. The molecule has 17 heteroatoms. The van der Waals surface area contributed by atoms with Gasteiger partial charge in [-0.05, 0) is 50.2 Å². The molecule has 2 aliphatic heterocycles. The second kappa shape index (κ2) is 15.0. The summed E-state index contributed by atoms with van der Waals surface area (Å²) in [5.74, 6) is 1.43. The van der Waals surface area contributed by atoms with E-state index >= 15 is 0 Å². The maximum Gasteiger partial charge on any atom is 0.407 e. The molecule has 11 nitrogen and oxygen atoms in total. The van der Waals surface area contributed by atoms with Gasteiger partial charge in [-0.15, -0.1) is 0 Å². The van der Waals surface area contributed by atoms with Gasteiger partial charge in [-0.2, -0.15) is 18.3 Å². The summed E-state index contributed by atoms with van der Waals surface area (Å²) < 4.78 is 54.6. The summed E-state index contributed by atoms with van der Waals surface area (Å²) in [7, 11) is 0.904. The Labute approximate surface area is 333 Å². The number of carboxylic acid groups (broad SMARTS) is 1. The molecule has 2 atom stereocenters. The maximum atomic E-state index is 13.1. The number of likely N-dealkylation sites (N-methyl/N-ethyl adjacent to an activating group) is 1. The normalized spacial score (nSPS) is 17.5. The zero-order valence-corrected chi connectivity index (χ0v) is 36.3. The zero-order chi connectivity index (χ0) is 41.2. The van der Waals surface area contributed by atoms with Crippen molar-refractivity contribution in [1.82, 2.24) is 29.5 Å². The minimum Gasteiger partial charge on any atom is -0.487 e. The Morgan fingerprint density at radius 1 is 1.04 bits per heavy atom. The van der Waals surface area contributed by atoms with Crippen LogP contribution in [0.1, 0.15) is 52.7 Å². The van der Waals surface area contributed by atoms with E-state index in [1.165, 1.54) is 16.8 Å². The van der Waals surface area contributed by atoms with Crippen molar-refractivity contribution in [2.75, 3.05) is 51.2 Å². The van der Waals surface area contributed by atoms with Gasteiger partial charge in [0, 0.05) is 67.8 Å². The average molecular weight is 829 g/mol. The second-order valence-corrected chi connectivity index (χ2v) is 23.5. The number of ether oxygens (including phenoxy) is 1. The molecular formula is C38H54Cl2F3N7O4Si. The van der Waals surface area contributed by atoms with Crippen LogP contribution in [-0.4, -0.2) is 114 Å². The van der Waals surface area contributed by atoms with Crippen molar-refractivity contribution >= 4 is 43.4 Å². The molecule has 2 fully saturated rings. The highest BCUT2D eigenvalue weighted by molar-refractivity contribution is 6.74. The number of anilines is 1. The molecule has 2 aliphatic rings. The van der Waals surface area contributed by atoms with Gasteiger partial charge in [0.1, 0.15) is 23.8 Å². The predicted molar refractivity (Wildman–Crippen MR) is 213 cm³/mol. The van der Waals surface area contributed by atoms with Gasteiger partial charge in [0.15, 0.2) is 19.3 Å². The van der Waals surface area contributed by atoms with Gasteiger partial charge in [-0.1, -0.05) is 64.7 Å². The first-order valence-corrected chi connectivity index (χ1v) is 22.0. The monoisotopic (exact) mass is 827 g/mol. The van der Waals surface area contributed by atoms with Crippen LogP contribution in [-0.2, 0) is 11.5 Å². The van der Waals surface area contributed by atoms with Gasteiger partial charge in [-0.3, -0.25) is 9.58 Å². The SMILES string of the molecule is Cc1c(-c2c(C)c(Cl)nn2C)nc(-c2cc(OC([C@@H](CN(C)C(=O)O)O[Si](C)(C)C(C)(C)C)C(C)(C)C)ccc2Cl)nc1N1CC2(CN(CC(F)(F)F)C2)C1. The Balaban J connectivity index is 1.55. The average Bonchev–Trinajstić information content (AvgIpc) is 3.25. The van der Waals surface area contributed by atoms with Crippen LogP contribution in [0.5, 0.6) is 5.75 Å². The fraction of sp³-hybridized carbons (Fsp3) is 0.632. The lowest BCUT2D eigenvalue weighted by Crippen LogP contribution is -2.73. The van der Waals surface area contributed by atoms with E-state index in [4.69, 9.17) is 42.3 Å². The molecule has 1 unspecified atom stereocenters. The Kier molecular flexibility index (Phi) is 11.7. The number of benzene rings is 1. The fourth-order valence-corrected chi connectivity index (χ4v) is 8.99. The van der Waals surface area contributed by atoms with Crippen molar-refractivity contribution in [3.63, 3.8) is 0 Å². The Bertz CT molecular complexity index is 1920. The summed E-state index contributed by atoms with van der Waals surface area (Å²) in [6, 6.07) is 5.26. The first-order valence-electron chi connectivity index (χ1n) is 18.3. The van der Waals surface area contributed by atoms with E-state index in [-0.39, 0.29) is 17.0 Å². The van der Waals surface area contributed by atoms with Crippen LogP contribution in [0.15, 0.2) is 18.2 Å². The minimum absolute atomic E-state index is 0.0932. The maximum absolute atomic E-state index is 13.1. The summed E-state index contributed by atoms with van der Waals surface area (Å²) in [4.78, 5) is 26.9. The van der Waals surface area contributed by atoms with Crippen LogP contribution in [0.3, 0.4) is 0 Å². The molecule has 2 aromatic heterocycles. The highest BCUT2D eigenvalue weighted by Crippen LogP contribution is 2.46. The Morgan fingerprint density at radius 3 is 2.16 bits per heavy atom. The molecule has 0 saturated carbocycles. The molecule has 5 rings (SSSR count). The van der Waals surface area contributed by atoms with E-state index in [2.05, 4.69) is 43.9 Å². The van der Waals surface area contributed by atoms with E-state index in [1.54, 1.807) is 29.9 Å². The third-order valence-electron chi connectivity index (χ3n) is 11.1. The van der Waals surface area contributed by atoms with Crippen molar-refractivity contribution in [2.24, 2.45) is 17.9 Å². The summed E-state index contributed by atoms with van der Waals surface area (Å²) in [5.41, 5.74) is 2.58. The van der Waals surface area contributed by atoms with Crippen LogP contribution >= 0.6 is 23.2 Å². The fourth-order valence-electron chi connectivity index (χ4n) is 7.28. The number of likely N-dealkylation sites (tertiary alicyclic amines) is 1. The van der Waals surface area contributed by atoms with E-state index in [1.807, 2.05) is 34.6 Å². The number of nitrogens with zero attached hydrogens (tertiary/aromatic N) is 7. The predicted octanol–water partition coefficient (Wildman–Crippen LogP) is 8.95. The van der Waals surface area contributed by atoms with Crippen molar-refractivity contribution in [2.45, 2.75) is 91.9 Å². The van der Waals surface area contributed by atoms with Gasteiger partial charge in [0.2, 0.25) is 0 Å². The lowest BCUT2D eigenvalue weighted by atomic mass is 9.72. The summed E-state index contributed by atoms with van der Waals surface area (Å²) in [5, 5.41) is 14.8. The van der Waals surface area contributed by atoms with Crippen molar-refractivity contribution in [3.05, 3.63) is 39.5 Å². The third kappa shape index (κ3) is 9.21. The molecule has 0 aliphatic carbocycles. The first kappa shape index (κ1) is 43.0. The standard InChI is InChI=1S/C38H54Cl2F3N7O4Si/c1-22-28(29-23(2)31(40)46-48(29)10)44-32(45-33(22)50-19-37(20-50)17-49(18-37)21-38(41,42)43)25-15-24(13-14-26(25)39)53-30(35(3,4)5)27(16-47(9)34(51)52)54-55(11,12)36(6,7)8/h13-15,27,30H,16-21H2,1-12H3,(H,51,52)/t27-,30?/m1/s1. The van der Waals surface area contributed by atoms with Crippen molar-refractivity contribution < 1.29 is 32.2 Å². The molecule has 304 valence electrons. The number of rotatable bonds is 11. The molecular weight excluding hydrogens is 774 g/mol. The number of aromatic nitrogens is 4. The lowest BCUT2D eigenvalue weighted by molar-refractivity contribution is -0.172. The van der Waals surface area contributed by atoms with Crippen LogP contribution < -0.4 is 9.64 Å². The van der Waals surface area contributed by atoms with Gasteiger partial charge in [-0.25, -0.2) is 14.8 Å². The number of alkyl halides is 3. The van der Waals surface area contributed by atoms with E-state index in [9.17, 15) is 23.1 Å². The van der Waals surface area contributed by atoms with E-state index in [0.717, 1.165) is 11.1 Å². The number of amides is 1. The summed E-state index contributed by atoms with van der Waals surface area (Å²) >= 11 is 13.4. The summed E-state index contributed by atoms with van der Waals surface area (Å²) in [6.45, 7) is 21.6. The van der Waals surface area contributed by atoms with Crippen LogP contribution in [0.2, 0.25) is 28.3 Å². The van der Waals surface area contributed by atoms with Crippen LogP contribution in [0.4, 0.5) is 23.8 Å². The smallest absolute Gasteiger partial charge is 0.407 e. The lowest BCUT2D eigenvalue weighted by Gasteiger charge is -2.61. The molecule has 1 amide bonds. The second-order valence-electron chi connectivity index (χ2n) is 18.0. The number of hydrogen-bond acceptors (Lipinski definition) is 8.